The Kier molecular flexibility index (Phi) is 4.71. The number of carbonyl (C=O) groups is 1. The lowest BCUT2D eigenvalue weighted by atomic mass is 10.1. The molecule has 0 unspecified atom stereocenters. The third kappa shape index (κ3) is 3.79. The Balaban J connectivity index is 2.46. The molecule has 0 spiro atoms. The summed E-state index contributed by atoms with van der Waals surface area (Å²) in [4.78, 5) is 11.1. The molecule has 1 rings (SSSR count). The molecule has 3 N–H and O–H groups in total. The van der Waals surface area contributed by atoms with E-state index >= 15 is 0 Å². The molecule has 88 valence electrons. The molecule has 0 aliphatic rings. The summed E-state index contributed by atoms with van der Waals surface area (Å²) in [6.45, 7) is 2.05. The zero-order valence-electron chi connectivity index (χ0n) is 8.97. The molecule has 1 amide bonds. The van der Waals surface area contributed by atoms with E-state index < -0.39 is 6.04 Å². The van der Waals surface area contributed by atoms with E-state index in [0.29, 0.717) is 18.0 Å². The summed E-state index contributed by atoms with van der Waals surface area (Å²) < 4.78 is 12.7. The van der Waals surface area contributed by atoms with Gasteiger partial charge in [-0.05, 0) is 31.0 Å². The van der Waals surface area contributed by atoms with E-state index in [1.54, 1.807) is 13.0 Å². The van der Waals surface area contributed by atoms with Crippen LogP contribution in [0.3, 0.4) is 0 Å². The van der Waals surface area contributed by atoms with Crippen LogP contribution in [-0.4, -0.2) is 18.5 Å². The number of carbonyl (C=O) groups excluding carboxylic acids is 1. The highest BCUT2D eigenvalue weighted by atomic mass is 35.5. The fraction of sp³-hybridized carbons (Fsp3) is 0.364. The lowest BCUT2D eigenvalue weighted by Crippen LogP contribution is -2.39. The molecule has 3 nitrogen and oxygen atoms in total. The minimum Gasteiger partial charge on any atom is -0.354 e. The van der Waals surface area contributed by atoms with Crippen molar-refractivity contribution in [2.45, 2.75) is 19.4 Å². The smallest absolute Gasteiger partial charge is 0.236 e. The number of hydrogen-bond donors (Lipinski definition) is 2. The van der Waals surface area contributed by atoms with Crippen molar-refractivity contribution in [2.75, 3.05) is 6.54 Å². The number of nitrogens with two attached hydrogens (primary N) is 1. The van der Waals surface area contributed by atoms with Crippen molar-refractivity contribution in [3.8, 4) is 0 Å². The van der Waals surface area contributed by atoms with Gasteiger partial charge in [-0.2, -0.15) is 0 Å². The Morgan fingerprint density at radius 1 is 1.62 bits per heavy atom. The Morgan fingerprint density at radius 2 is 2.31 bits per heavy atom. The highest BCUT2D eigenvalue weighted by molar-refractivity contribution is 6.31. The van der Waals surface area contributed by atoms with Crippen molar-refractivity contribution < 1.29 is 9.18 Å². The predicted molar refractivity (Wildman–Crippen MR) is 61.8 cm³/mol. The first-order chi connectivity index (χ1) is 7.50. The Hall–Kier alpha value is -1.13. The molecule has 5 heteroatoms. The minimum absolute atomic E-state index is 0.210. The van der Waals surface area contributed by atoms with Crippen LogP contribution < -0.4 is 11.1 Å². The van der Waals surface area contributed by atoms with Gasteiger partial charge in [0.05, 0.1) is 6.04 Å². The summed E-state index contributed by atoms with van der Waals surface area (Å²) in [5, 5.41) is 3.03. The van der Waals surface area contributed by atoms with E-state index in [2.05, 4.69) is 5.32 Å². The fourth-order valence-electron chi connectivity index (χ4n) is 1.21. The SMILES string of the molecule is C[C@@H](N)C(=O)NCCc1ccc(F)cc1Cl. The third-order valence-electron chi connectivity index (χ3n) is 2.12. The summed E-state index contributed by atoms with van der Waals surface area (Å²) in [5.41, 5.74) is 6.18. The summed E-state index contributed by atoms with van der Waals surface area (Å²) >= 11 is 5.83. The Bertz CT molecular complexity index is 382. The average molecular weight is 245 g/mol. The summed E-state index contributed by atoms with van der Waals surface area (Å²) in [6, 6.07) is 3.68. The van der Waals surface area contributed by atoms with Gasteiger partial charge in [0.25, 0.3) is 0 Å². The molecule has 0 fully saturated rings. The molecular weight excluding hydrogens is 231 g/mol. The fourth-order valence-corrected chi connectivity index (χ4v) is 1.47. The van der Waals surface area contributed by atoms with Crippen molar-refractivity contribution in [1.29, 1.82) is 0 Å². The standard InChI is InChI=1S/C11H14ClFN2O/c1-7(14)11(16)15-5-4-8-2-3-9(13)6-10(8)12/h2-3,6-7H,4-5,14H2,1H3,(H,15,16)/t7-/m1/s1. The maximum Gasteiger partial charge on any atom is 0.236 e. The second kappa shape index (κ2) is 5.82. The topological polar surface area (TPSA) is 55.1 Å². The number of amides is 1. The predicted octanol–water partition coefficient (Wildman–Crippen LogP) is 1.49. The van der Waals surface area contributed by atoms with Crippen LogP contribution in [0.1, 0.15) is 12.5 Å². The Morgan fingerprint density at radius 3 is 2.88 bits per heavy atom. The van der Waals surface area contributed by atoms with Gasteiger partial charge in [0, 0.05) is 11.6 Å². The number of benzene rings is 1. The lowest BCUT2D eigenvalue weighted by Gasteiger charge is -2.08. The maximum absolute atomic E-state index is 12.7. The second-order valence-electron chi connectivity index (χ2n) is 3.57. The number of rotatable bonds is 4. The molecule has 1 aromatic carbocycles. The van der Waals surface area contributed by atoms with Gasteiger partial charge in [-0.3, -0.25) is 4.79 Å². The molecule has 1 atom stereocenters. The molecule has 1 aromatic rings. The van der Waals surface area contributed by atoms with Crippen molar-refractivity contribution in [1.82, 2.24) is 5.32 Å². The first-order valence-corrected chi connectivity index (χ1v) is 5.35. The molecule has 0 aliphatic heterocycles. The molecule has 0 radical (unpaired) electrons. The normalized spacial score (nSPS) is 12.2. The van der Waals surface area contributed by atoms with Crippen molar-refractivity contribution in [3.63, 3.8) is 0 Å². The molecule has 16 heavy (non-hydrogen) atoms. The highest BCUT2D eigenvalue weighted by Crippen LogP contribution is 2.17. The van der Waals surface area contributed by atoms with Crippen LogP contribution in [0.5, 0.6) is 0 Å². The quantitative estimate of drug-likeness (QED) is 0.843. The van der Waals surface area contributed by atoms with Crippen molar-refractivity contribution in [3.05, 3.63) is 34.6 Å². The number of hydrogen-bond acceptors (Lipinski definition) is 2. The largest absolute Gasteiger partial charge is 0.354 e. The van der Waals surface area contributed by atoms with Gasteiger partial charge in [-0.15, -0.1) is 0 Å². The van der Waals surface area contributed by atoms with Gasteiger partial charge in [0.2, 0.25) is 5.91 Å². The van der Waals surface area contributed by atoms with Crippen LogP contribution in [-0.2, 0) is 11.2 Å². The summed E-state index contributed by atoms with van der Waals surface area (Å²) in [5.74, 6) is -0.577. The summed E-state index contributed by atoms with van der Waals surface area (Å²) in [7, 11) is 0. The van der Waals surface area contributed by atoms with Gasteiger partial charge in [-0.25, -0.2) is 4.39 Å². The van der Waals surface area contributed by atoms with E-state index in [1.807, 2.05) is 0 Å². The lowest BCUT2D eigenvalue weighted by molar-refractivity contribution is -0.121. The van der Waals surface area contributed by atoms with Crippen LogP contribution in [0, 0.1) is 5.82 Å². The zero-order valence-corrected chi connectivity index (χ0v) is 9.72. The summed E-state index contributed by atoms with van der Waals surface area (Å²) in [6.07, 6.45) is 0.553. The van der Waals surface area contributed by atoms with Gasteiger partial charge in [0.1, 0.15) is 5.82 Å². The van der Waals surface area contributed by atoms with Crippen molar-refractivity contribution >= 4 is 17.5 Å². The average Bonchev–Trinajstić information content (AvgIpc) is 2.20. The van der Waals surface area contributed by atoms with Crippen LogP contribution in [0.2, 0.25) is 5.02 Å². The zero-order chi connectivity index (χ0) is 12.1. The number of halogens is 2. The van der Waals surface area contributed by atoms with Gasteiger partial charge >= 0.3 is 0 Å². The van der Waals surface area contributed by atoms with Crippen LogP contribution in [0.25, 0.3) is 0 Å². The molecular formula is C11H14ClFN2O. The third-order valence-corrected chi connectivity index (χ3v) is 2.47. The molecule has 0 bridgehead atoms. The van der Waals surface area contributed by atoms with Crippen LogP contribution in [0.15, 0.2) is 18.2 Å². The van der Waals surface area contributed by atoms with E-state index in [4.69, 9.17) is 17.3 Å². The van der Waals surface area contributed by atoms with Crippen molar-refractivity contribution in [2.24, 2.45) is 5.73 Å². The molecule has 0 saturated heterocycles. The molecule has 0 saturated carbocycles. The Labute approximate surface area is 98.8 Å². The van der Waals surface area contributed by atoms with E-state index in [9.17, 15) is 9.18 Å². The number of nitrogens with one attached hydrogen (secondary N) is 1. The molecule has 0 heterocycles. The first kappa shape index (κ1) is 12.9. The monoisotopic (exact) mass is 244 g/mol. The van der Waals surface area contributed by atoms with Gasteiger partial charge in [0.15, 0.2) is 0 Å². The van der Waals surface area contributed by atoms with Gasteiger partial charge < -0.3 is 11.1 Å². The molecule has 0 aliphatic carbocycles. The maximum atomic E-state index is 12.7. The van der Waals surface area contributed by atoms with Crippen LogP contribution in [0.4, 0.5) is 4.39 Å². The van der Waals surface area contributed by atoms with E-state index in [-0.39, 0.29) is 11.7 Å². The van der Waals surface area contributed by atoms with E-state index in [0.717, 1.165) is 5.56 Å². The van der Waals surface area contributed by atoms with E-state index in [1.165, 1.54) is 12.1 Å². The second-order valence-corrected chi connectivity index (χ2v) is 3.97. The van der Waals surface area contributed by atoms with Gasteiger partial charge in [-0.1, -0.05) is 17.7 Å². The first-order valence-electron chi connectivity index (χ1n) is 4.98. The minimum atomic E-state index is -0.524. The highest BCUT2D eigenvalue weighted by Gasteiger charge is 2.07. The van der Waals surface area contributed by atoms with Crippen LogP contribution >= 0.6 is 11.6 Å². The molecule has 0 aromatic heterocycles.